The zero-order chi connectivity index (χ0) is 13.9. The first kappa shape index (κ1) is 13.0. The Labute approximate surface area is 117 Å². The molecule has 0 bridgehead atoms. The molecule has 0 saturated carbocycles. The third-order valence-electron chi connectivity index (χ3n) is 3.86. The Bertz CT molecular complexity index is 616. The molecular formula is C16H17FN2O. The Morgan fingerprint density at radius 3 is 2.75 bits per heavy atom. The van der Waals surface area contributed by atoms with E-state index < -0.39 is 0 Å². The summed E-state index contributed by atoms with van der Waals surface area (Å²) in [5.41, 5.74) is 3.04. The second kappa shape index (κ2) is 5.57. The number of carbonyl (C=O) groups is 1. The smallest absolute Gasteiger partial charge is 0.164 e. The van der Waals surface area contributed by atoms with Crippen LogP contribution in [-0.4, -0.2) is 15.3 Å². The van der Waals surface area contributed by atoms with E-state index in [0.717, 1.165) is 12.8 Å². The molecule has 0 saturated heterocycles. The van der Waals surface area contributed by atoms with Crippen LogP contribution < -0.4 is 0 Å². The summed E-state index contributed by atoms with van der Waals surface area (Å²) in [5, 5.41) is 0. The molecule has 1 aromatic carbocycles. The van der Waals surface area contributed by atoms with Crippen LogP contribution in [0, 0.1) is 5.82 Å². The number of nitrogens with zero attached hydrogens (tertiary/aromatic N) is 2. The molecule has 2 aromatic rings. The minimum atomic E-state index is -0.315. The van der Waals surface area contributed by atoms with E-state index in [-0.39, 0.29) is 11.6 Å². The van der Waals surface area contributed by atoms with Gasteiger partial charge in [0.05, 0.1) is 12.0 Å². The highest BCUT2D eigenvalue weighted by Gasteiger charge is 2.15. The standard InChI is InChI=1S/C16H17FN2O/c17-13-7-5-12(6-8-13)16(20)9-10-19-11-18-14-3-1-2-4-15(14)19/h5-8,11H,1-4,9-10H2. The van der Waals surface area contributed by atoms with Crippen molar-refractivity contribution in [1.29, 1.82) is 0 Å². The van der Waals surface area contributed by atoms with Gasteiger partial charge in [0.1, 0.15) is 5.82 Å². The van der Waals surface area contributed by atoms with Gasteiger partial charge in [0.25, 0.3) is 0 Å². The Balaban J connectivity index is 1.66. The SMILES string of the molecule is O=C(CCn1cnc2c1CCCC2)c1ccc(F)cc1. The van der Waals surface area contributed by atoms with E-state index in [0.29, 0.717) is 18.5 Å². The molecule has 1 aromatic heterocycles. The maximum Gasteiger partial charge on any atom is 0.164 e. The fourth-order valence-corrected chi connectivity index (χ4v) is 2.73. The van der Waals surface area contributed by atoms with Gasteiger partial charge in [0.15, 0.2) is 5.78 Å². The van der Waals surface area contributed by atoms with Crippen LogP contribution in [0.1, 0.15) is 41.0 Å². The molecule has 0 radical (unpaired) electrons. The van der Waals surface area contributed by atoms with Crippen molar-refractivity contribution in [2.24, 2.45) is 0 Å². The average Bonchev–Trinajstić information content (AvgIpc) is 2.89. The minimum Gasteiger partial charge on any atom is -0.334 e. The highest BCUT2D eigenvalue weighted by atomic mass is 19.1. The van der Waals surface area contributed by atoms with E-state index in [1.54, 1.807) is 12.1 Å². The fraction of sp³-hybridized carbons (Fsp3) is 0.375. The largest absolute Gasteiger partial charge is 0.334 e. The maximum absolute atomic E-state index is 12.8. The normalized spacial score (nSPS) is 14.1. The first-order valence-electron chi connectivity index (χ1n) is 7.05. The van der Waals surface area contributed by atoms with E-state index in [1.807, 2.05) is 6.33 Å². The third-order valence-corrected chi connectivity index (χ3v) is 3.86. The molecule has 3 nitrogen and oxygen atoms in total. The van der Waals surface area contributed by atoms with E-state index in [1.165, 1.54) is 36.4 Å². The van der Waals surface area contributed by atoms with Crippen LogP contribution in [0.5, 0.6) is 0 Å². The van der Waals surface area contributed by atoms with Gasteiger partial charge in [0, 0.05) is 24.2 Å². The van der Waals surface area contributed by atoms with Gasteiger partial charge < -0.3 is 4.57 Å². The predicted molar refractivity (Wildman–Crippen MR) is 74.2 cm³/mol. The van der Waals surface area contributed by atoms with Gasteiger partial charge in [-0.15, -0.1) is 0 Å². The molecule has 1 heterocycles. The van der Waals surface area contributed by atoms with Gasteiger partial charge in [-0.2, -0.15) is 0 Å². The van der Waals surface area contributed by atoms with Crippen LogP contribution in [0.25, 0.3) is 0 Å². The number of carbonyl (C=O) groups excluding carboxylic acids is 1. The van der Waals surface area contributed by atoms with E-state index in [9.17, 15) is 9.18 Å². The van der Waals surface area contributed by atoms with Crippen molar-refractivity contribution in [3.05, 3.63) is 53.4 Å². The van der Waals surface area contributed by atoms with Crippen molar-refractivity contribution in [2.45, 2.75) is 38.6 Å². The summed E-state index contributed by atoms with van der Waals surface area (Å²) < 4.78 is 14.9. The third kappa shape index (κ3) is 2.64. The molecule has 3 rings (SSSR count). The van der Waals surface area contributed by atoms with Gasteiger partial charge in [-0.3, -0.25) is 4.79 Å². The monoisotopic (exact) mass is 272 g/mol. The number of benzene rings is 1. The van der Waals surface area contributed by atoms with Gasteiger partial charge in [-0.05, 0) is 49.9 Å². The zero-order valence-corrected chi connectivity index (χ0v) is 11.3. The zero-order valence-electron chi connectivity index (χ0n) is 11.3. The van der Waals surface area contributed by atoms with Crippen molar-refractivity contribution in [3.63, 3.8) is 0 Å². The van der Waals surface area contributed by atoms with Crippen molar-refractivity contribution >= 4 is 5.78 Å². The highest BCUT2D eigenvalue weighted by molar-refractivity contribution is 5.95. The number of rotatable bonds is 4. The van der Waals surface area contributed by atoms with Crippen LogP contribution in [0.2, 0.25) is 0 Å². The van der Waals surface area contributed by atoms with E-state index in [4.69, 9.17) is 0 Å². The lowest BCUT2D eigenvalue weighted by atomic mass is 10.0. The molecule has 0 fully saturated rings. The van der Waals surface area contributed by atoms with Gasteiger partial charge >= 0.3 is 0 Å². The van der Waals surface area contributed by atoms with Gasteiger partial charge in [0.2, 0.25) is 0 Å². The number of hydrogen-bond donors (Lipinski definition) is 0. The number of Topliss-reactive ketones (excluding diaryl/α,β-unsaturated/α-hetero) is 1. The van der Waals surface area contributed by atoms with Gasteiger partial charge in [-0.1, -0.05) is 0 Å². The second-order valence-electron chi connectivity index (χ2n) is 5.22. The van der Waals surface area contributed by atoms with Crippen LogP contribution in [0.4, 0.5) is 4.39 Å². The van der Waals surface area contributed by atoms with Crippen LogP contribution in [-0.2, 0) is 19.4 Å². The Morgan fingerprint density at radius 2 is 1.95 bits per heavy atom. The number of ketones is 1. The van der Waals surface area contributed by atoms with Crippen molar-refractivity contribution in [1.82, 2.24) is 9.55 Å². The average molecular weight is 272 g/mol. The van der Waals surface area contributed by atoms with Crippen molar-refractivity contribution in [2.75, 3.05) is 0 Å². The lowest BCUT2D eigenvalue weighted by Crippen LogP contribution is -2.11. The predicted octanol–water partition coefficient (Wildman–Crippen LogP) is 3.17. The number of aromatic nitrogens is 2. The number of hydrogen-bond acceptors (Lipinski definition) is 2. The Kier molecular flexibility index (Phi) is 3.63. The minimum absolute atomic E-state index is 0.0447. The molecule has 1 aliphatic carbocycles. The van der Waals surface area contributed by atoms with Crippen molar-refractivity contribution < 1.29 is 9.18 Å². The molecule has 4 heteroatoms. The first-order chi connectivity index (χ1) is 9.74. The Hall–Kier alpha value is -1.97. The molecular weight excluding hydrogens is 255 g/mol. The summed E-state index contributed by atoms with van der Waals surface area (Å²) in [4.78, 5) is 16.5. The topological polar surface area (TPSA) is 34.9 Å². The molecule has 0 amide bonds. The number of halogens is 1. The van der Waals surface area contributed by atoms with Crippen LogP contribution in [0.3, 0.4) is 0 Å². The molecule has 0 atom stereocenters. The molecule has 0 unspecified atom stereocenters. The fourth-order valence-electron chi connectivity index (χ4n) is 2.73. The number of imidazole rings is 1. The van der Waals surface area contributed by atoms with E-state index in [2.05, 4.69) is 9.55 Å². The Morgan fingerprint density at radius 1 is 1.20 bits per heavy atom. The summed E-state index contributed by atoms with van der Waals surface area (Å²) in [6, 6.07) is 5.74. The lowest BCUT2D eigenvalue weighted by molar-refractivity contribution is 0.0976. The molecule has 104 valence electrons. The molecule has 1 aliphatic rings. The summed E-state index contributed by atoms with van der Waals surface area (Å²) in [5.74, 6) is -0.270. The summed E-state index contributed by atoms with van der Waals surface area (Å²) in [6.45, 7) is 0.651. The lowest BCUT2D eigenvalue weighted by Gasteiger charge is -2.13. The van der Waals surface area contributed by atoms with Gasteiger partial charge in [-0.25, -0.2) is 9.37 Å². The quantitative estimate of drug-likeness (QED) is 0.801. The number of aryl methyl sites for hydroxylation is 2. The van der Waals surface area contributed by atoms with Crippen molar-refractivity contribution in [3.8, 4) is 0 Å². The molecule has 0 aliphatic heterocycles. The summed E-state index contributed by atoms with van der Waals surface area (Å²) in [6.07, 6.45) is 6.78. The molecule has 0 spiro atoms. The maximum atomic E-state index is 12.8. The molecule has 0 N–H and O–H groups in total. The van der Waals surface area contributed by atoms with E-state index >= 15 is 0 Å². The first-order valence-corrected chi connectivity index (χ1v) is 7.05. The highest BCUT2D eigenvalue weighted by Crippen LogP contribution is 2.20. The second-order valence-corrected chi connectivity index (χ2v) is 5.22. The summed E-state index contributed by atoms with van der Waals surface area (Å²) in [7, 11) is 0. The number of fused-ring (bicyclic) bond motifs is 1. The molecule has 20 heavy (non-hydrogen) atoms. The van der Waals surface area contributed by atoms with Crippen LogP contribution >= 0.6 is 0 Å². The van der Waals surface area contributed by atoms with Crippen LogP contribution in [0.15, 0.2) is 30.6 Å². The summed E-state index contributed by atoms with van der Waals surface area (Å²) >= 11 is 0.